The van der Waals surface area contributed by atoms with Crippen molar-refractivity contribution in [3.05, 3.63) is 40.9 Å². The molecule has 0 unspecified atom stereocenters. The molecule has 1 fully saturated rings. The summed E-state index contributed by atoms with van der Waals surface area (Å²) in [6, 6.07) is 11.9. The molecule has 1 N–H and O–H groups in total. The zero-order valence-electron chi connectivity index (χ0n) is 10.4. The first kappa shape index (κ1) is 12.6. The molecule has 1 aliphatic rings. The Morgan fingerprint density at radius 3 is 2.74 bits per heavy atom. The molecule has 0 saturated carbocycles. The molecular weight excluding hydrogens is 306 g/mol. The third kappa shape index (κ3) is 2.51. The van der Waals surface area contributed by atoms with Gasteiger partial charge in [-0.25, -0.2) is 0 Å². The number of hydrogen-bond donors (Lipinski definition) is 1. The van der Waals surface area contributed by atoms with Crippen molar-refractivity contribution in [2.45, 2.75) is 18.9 Å². The van der Waals surface area contributed by atoms with Crippen LogP contribution in [0.25, 0.3) is 10.8 Å². The summed E-state index contributed by atoms with van der Waals surface area (Å²) < 4.78 is 6.43. The summed E-state index contributed by atoms with van der Waals surface area (Å²) >= 11 is 3.53. The summed E-state index contributed by atoms with van der Waals surface area (Å²) in [4.78, 5) is 12.1. The van der Waals surface area contributed by atoms with Crippen molar-refractivity contribution in [3.63, 3.8) is 0 Å². The van der Waals surface area contributed by atoms with Gasteiger partial charge in [-0.3, -0.25) is 4.79 Å². The van der Waals surface area contributed by atoms with Gasteiger partial charge in [-0.15, -0.1) is 0 Å². The molecule has 1 atom stereocenters. The van der Waals surface area contributed by atoms with E-state index < -0.39 is 0 Å². The van der Waals surface area contributed by atoms with Crippen LogP contribution in [0.2, 0.25) is 0 Å². The normalized spacial score (nSPS) is 18.7. The smallest absolute Gasteiger partial charge is 0.253 e. The summed E-state index contributed by atoms with van der Waals surface area (Å²) in [6.45, 7) is 0.680. The van der Waals surface area contributed by atoms with Crippen LogP contribution < -0.4 is 5.32 Å². The second kappa shape index (κ2) is 5.31. The van der Waals surface area contributed by atoms with Gasteiger partial charge in [0.1, 0.15) is 6.10 Å². The van der Waals surface area contributed by atoms with Crippen LogP contribution in [0.4, 0.5) is 5.69 Å². The molecule has 19 heavy (non-hydrogen) atoms. The van der Waals surface area contributed by atoms with E-state index in [0.717, 1.165) is 33.8 Å². The molecule has 2 aromatic rings. The average Bonchev–Trinajstić information content (AvgIpc) is 2.96. The number of carbonyl (C=O) groups is 1. The van der Waals surface area contributed by atoms with Gasteiger partial charge in [-0.2, -0.15) is 0 Å². The van der Waals surface area contributed by atoms with Gasteiger partial charge < -0.3 is 10.1 Å². The minimum Gasteiger partial charge on any atom is -0.368 e. The van der Waals surface area contributed by atoms with Crippen LogP contribution in [-0.2, 0) is 9.53 Å². The number of hydrogen-bond acceptors (Lipinski definition) is 2. The number of anilines is 1. The van der Waals surface area contributed by atoms with E-state index in [0.29, 0.717) is 6.61 Å². The number of ether oxygens (including phenoxy) is 1. The maximum atomic E-state index is 12.1. The van der Waals surface area contributed by atoms with Crippen LogP contribution in [-0.4, -0.2) is 18.6 Å². The lowest BCUT2D eigenvalue weighted by atomic mass is 10.1. The first-order valence-corrected chi connectivity index (χ1v) is 7.15. The third-order valence-electron chi connectivity index (χ3n) is 3.35. The van der Waals surface area contributed by atoms with Gasteiger partial charge in [0, 0.05) is 22.2 Å². The highest BCUT2D eigenvalue weighted by atomic mass is 79.9. The van der Waals surface area contributed by atoms with E-state index in [9.17, 15) is 4.79 Å². The van der Waals surface area contributed by atoms with E-state index in [-0.39, 0.29) is 12.0 Å². The van der Waals surface area contributed by atoms with E-state index in [2.05, 4.69) is 21.2 Å². The monoisotopic (exact) mass is 319 g/mol. The van der Waals surface area contributed by atoms with Gasteiger partial charge in [-0.1, -0.05) is 40.2 Å². The first-order valence-electron chi connectivity index (χ1n) is 6.35. The second-order valence-electron chi connectivity index (χ2n) is 4.63. The van der Waals surface area contributed by atoms with Gasteiger partial charge in [0.2, 0.25) is 0 Å². The Morgan fingerprint density at radius 2 is 2.00 bits per heavy atom. The highest BCUT2D eigenvalue weighted by molar-refractivity contribution is 9.10. The van der Waals surface area contributed by atoms with E-state index in [1.807, 2.05) is 36.4 Å². The molecule has 0 bridgehead atoms. The Kier molecular flexibility index (Phi) is 3.53. The van der Waals surface area contributed by atoms with Crippen molar-refractivity contribution < 1.29 is 9.53 Å². The van der Waals surface area contributed by atoms with Crippen LogP contribution in [0.3, 0.4) is 0 Å². The van der Waals surface area contributed by atoms with Crippen molar-refractivity contribution in [1.29, 1.82) is 0 Å². The minimum atomic E-state index is -0.303. The van der Waals surface area contributed by atoms with E-state index in [1.54, 1.807) is 0 Å². The second-order valence-corrected chi connectivity index (χ2v) is 5.49. The molecule has 4 heteroatoms. The van der Waals surface area contributed by atoms with Gasteiger partial charge in [-0.05, 0) is 30.4 Å². The van der Waals surface area contributed by atoms with Crippen LogP contribution in [0.5, 0.6) is 0 Å². The number of halogens is 1. The van der Waals surface area contributed by atoms with E-state index in [4.69, 9.17) is 4.74 Å². The highest BCUT2D eigenvalue weighted by Crippen LogP contribution is 2.30. The predicted octanol–water partition coefficient (Wildman–Crippen LogP) is 3.72. The fourth-order valence-corrected chi connectivity index (χ4v) is 2.85. The molecule has 98 valence electrons. The van der Waals surface area contributed by atoms with Gasteiger partial charge in [0.05, 0.1) is 0 Å². The number of fused-ring (bicyclic) bond motifs is 1. The topological polar surface area (TPSA) is 38.3 Å². The Bertz CT molecular complexity index is 621. The fraction of sp³-hybridized carbons (Fsp3) is 0.267. The lowest BCUT2D eigenvalue weighted by Crippen LogP contribution is -2.26. The lowest BCUT2D eigenvalue weighted by Gasteiger charge is -2.13. The zero-order chi connectivity index (χ0) is 13.2. The van der Waals surface area contributed by atoms with Crippen LogP contribution >= 0.6 is 15.9 Å². The maximum absolute atomic E-state index is 12.1. The van der Waals surface area contributed by atoms with Crippen LogP contribution in [0.15, 0.2) is 40.9 Å². The predicted molar refractivity (Wildman–Crippen MR) is 79.3 cm³/mol. The quantitative estimate of drug-likeness (QED) is 0.916. The molecule has 2 aromatic carbocycles. The molecule has 1 saturated heterocycles. The highest BCUT2D eigenvalue weighted by Gasteiger charge is 2.23. The molecule has 0 aliphatic carbocycles. The van der Waals surface area contributed by atoms with Gasteiger partial charge in [0.15, 0.2) is 0 Å². The van der Waals surface area contributed by atoms with Crippen LogP contribution in [0, 0.1) is 0 Å². The van der Waals surface area contributed by atoms with E-state index in [1.165, 1.54) is 0 Å². The van der Waals surface area contributed by atoms with Crippen molar-refractivity contribution in [2.75, 3.05) is 11.9 Å². The molecule has 0 aromatic heterocycles. The SMILES string of the molecule is O=C(Nc1ccc(Br)c2ccccc12)[C@@H]1CCCO1. The van der Waals surface area contributed by atoms with Gasteiger partial charge in [0.25, 0.3) is 5.91 Å². The molecule has 0 spiro atoms. The molecule has 0 radical (unpaired) electrons. The zero-order valence-corrected chi connectivity index (χ0v) is 11.9. The fourth-order valence-electron chi connectivity index (χ4n) is 2.37. The molecule has 1 heterocycles. The Hall–Kier alpha value is -1.39. The lowest BCUT2D eigenvalue weighted by molar-refractivity contribution is -0.124. The number of nitrogens with one attached hydrogen (secondary N) is 1. The average molecular weight is 320 g/mol. The maximum Gasteiger partial charge on any atom is 0.253 e. The number of carbonyl (C=O) groups excluding carboxylic acids is 1. The summed E-state index contributed by atoms with van der Waals surface area (Å²) in [7, 11) is 0. The van der Waals surface area contributed by atoms with Crippen LogP contribution in [0.1, 0.15) is 12.8 Å². The summed E-state index contributed by atoms with van der Waals surface area (Å²) in [6.07, 6.45) is 1.46. The van der Waals surface area contributed by atoms with Gasteiger partial charge >= 0.3 is 0 Å². The molecule has 1 aliphatic heterocycles. The van der Waals surface area contributed by atoms with Crippen molar-refractivity contribution in [1.82, 2.24) is 0 Å². The molecule has 1 amide bonds. The molecule has 3 rings (SSSR count). The largest absolute Gasteiger partial charge is 0.368 e. The summed E-state index contributed by atoms with van der Waals surface area (Å²) in [5.41, 5.74) is 0.833. The summed E-state index contributed by atoms with van der Waals surface area (Å²) in [5.74, 6) is -0.0509. The molecule has 3 nitrogen and oxygen atoms in total. The summed E-state index contributed by atoms with van der Waals surface area (Å²) in [5, 5.41) is 5.09. The van der Waals surface area contributed by atoms with Crippen molar-refractivity contribution in [3.8, 4) is 0 Å². The number of amides is 1. The van der Waals surface area contributed by atoms with E-state index >= 15 is 0 Å². The Balaban J connectivity index is 1.92. The number of benzene rings is 2. The Morgan fingerprint density at radius 1 is 1.21 bits per heavy atom. The molecular formula is C15H14BrNO2. The van der Waals surface area contributed by atoms with Crippen molar-refractivity contribution >= 4 is 38.3 Å². The minimum absolute atomic E-state index is 0.0509. The standard InChI is InChI=1S/C15H14BrNO2/c16-12-7-8-13(11-5-2-1-4-10(11)12)17-15(18)14-6-3-9-19-14/h1-2,4-5,7-8,14H,3,6,9H2,(H,17,18)/t14-/m0/s1. The van der Waals surface area contributed by atoms with Crippen molar-refractivity contribution in [2.24, 2.45) is 0 Å². The Labute approximate surface area is 120 Å². The first-order chi connectivity index (χ1) is 9.25. The third-order valence-corrected chi connectivity index (χ3v) is 4.04. The number of rotatable bonds is 2.